The third-order valence-corrected chi connectivity index (χ3v) is 5.18. The zero-order valence-electron chi connectivity index (χ0n) is 13.4. The maximum atomic E-state index is 12.5. The van der Waals surface area contributed by atoms with Crippen LogP contribution in [-0.2, 0) is 21.6 Å². The first-order chi connectivity index (χ1) is 11.2. The van der Waals surface area contributed by atoms with Crippen LogP contribution in [0, 0.1) is 6.92 Å². The Kier molecular flexibility index (Phi) is 3.27. The number of nitrogens with one attached hydrogen (secondary N) is 1. The second kappa shape index (κ2) is 5.20. The highest BCUT2D eigenvalue weighted by molar-refractivity contribution is 6.07. The zero-order chi connectivity index (χ0) is 16.0. The first-order valence-corrected chi connectivity index (χ1v) is 8.06. The van der Waals surface area contributed by atoms with E-state index in [1.165, 1.54) is 0 Å². The van der Waals surface area contributed by atoms with Crippen molar-refractivity contribution in [2.45, 2.75) is 44.6 Å². The summed E-state index contributed by atoms with van der Waals surface area (Å²) in [6, 6.07) is 6.15. The molecule has 1 spiro atoms. The lowest BCUT2D eigenvalue weighted by Crippen LogP contribution is -2.30. The Morgan fingerprint density at radius 1 is 1.35 bits per heavy atom. The molecule has 23 heavy (non-hydrogen) atoms. The lowest BCUT2D eigenvalue weighted by Gasteiger charge is -2.21. The molecule has 5 heteroatoms. The molecule has 5 nitrogen and oxygen atoms in total. The Bertz CT molecular complexity index is 773. The number of carbonyl (C=O) groups excluding carboxylic acids is 1. The molecule has 1 N–H and O–H groups in total. The number of benzene rings is 1. The molecule has 0 atom stereocenters. The van der Waals surface area contributed by atoms with E-state index in [2.05, 4.69) is 16.5 Å². The quantitative estimate of drug-likeness (QED) is 0.941. The van der Waals surface area contributed by atoms with Crippen molar-refractivity contribution in [2.24, 2.45) is 0 Å². The van der Waals surface area contributed by atoms with E-state index in [4.69, 9.17) is 9.26 Å². The lowest BCUT2D eigenvalue weighted by molar-refractivity contribution is -0.120. The number of anilines is 1. The molecule has 0 saturated heterocycles. The molecule has 1 aliphatic carbocycles. The van der Waals surface area contributed by atoms with Gasteiger partial charge in [0.1, 0.15) is 11.5 Å². The molecule has 2 heterocycles. The number of hydrogen-bond donors (Lipinski definition) is 1. The summed E-state index contributed by atoms with van der Waals surface area (Å²) in [5.74, 6) is 0.927. The van der Waals surface area contributed by atoms with Crippen molar-refractivity contribution >= 4 is 11.6 Å². The zero-order valence-corrected chi connectivity index (χ0v) is 13.4. The van der Waals surface area contributed by atoms with E-state index in [1.807, 2.05) is 19.1 Å². The van der Waals surface area contributed by atoms with Gasteiger partial charge in [0.15, 0.2) is 0 Å². The van der Waals surface area contributed by atoms with Gasteiger partial charge in [-0.1, -0.05) is 24.1 Å². The van der Waals surface area contributed by atoms with Crippen molar-refractivity contribution in [1.82, 2.24) is 5.16 Å². The lowest BCUT2D eigenvalue weighted by atomic mass is 9.79. The molecule has 1 aliphatic heterocycles. The van der Waals surface area contributed by atoms with Crippen molar-refractivity contribution in [1.29, 1.82) is 0 Å². The SMILES string of the molecule is COCc1noc(C)c1-c1ccc2c(c1)C1(CCCC1)C(=O)N2. The maximum absolute atomic E-state index is 12.5. The van der Waals surface area contributed by atoms with E-state index in [0.29, 0.717) is 6.61 Å². The number of hydrogen-bond acceptors (Lipinski definition) is 4. The van der Waals surface area contributed by atoms with Crippen LogP contribution in [0.15, 0.2) is 22.7 Å². The fourth-order valence-corrected chi connectivity index (χ4v) is 4.07. The van der Waals surface area contributed by atoms with Crippen LogP contribution in [-0.4, -0.2) is 18.2 Å². The summed E-state index contributed by atoms with van der Waals surface area (Å²) in [5, 5.41) is 7.15. The second-order valence-corrected chi connectivity index (χ2v) is 6.50. The normalized spacial score (nSPS) is 18.4. The standard InChI is InChI=1S/C18H20N2O3/c1-11-16(15(10-22-2)20-23-11)12-5-6-14-13(9-12)18(17(21)19-14)7-3-4-8-18/h5-6,9H,3-4,7-8,10H2,1-2H3,(H,19,21). The number of fused-ring (bicyclic) bond motifs is 2. The van der Waals surface area contributed by atoms with Crippen LogP contribution in [0.5, 0.6) is 0 Å². The second-order valence-electron chi connectivity index (χ2n) is 6.50. The van der Waals surface area contributed by atoms with Crippen LogP contribution in [0.1, 0.15) is 42.7 Å². The first-order valence-electron chi connectivity index (χ1n) is 8.06. The summed E-state index contributed by atoms with van der Waals surface area (Å²) in [7, 11) is 1.65. The number of nitrogens with zero attached hydrogens (tertiary/aromatic N) is 1. The predicted molar refractivity (Wildman–Crippen MR) is 86.2 cm³/mol. The van der Waals surface area contributed by atoms with Gasteiger partial charge in [-0.2, -0.15) is 0 Å². The van der Waals surface area contributed by atoms with Gasteiger partial charge in [0.2, 0.25) is 5.91 Å². The summed E-state index contributed by atoms with van der Waals surface area (Å²) >= 11 is 0. The van der Waals surface area contributed by atoms with Crippen LogP contribution in [0.3, 0.4) is 0 Å². The molecule has 1 aromatic heterocycles. The number of methoxy groups -OCH3 is 1. The van der Waals surface area contributed by atoms with Crippen LogP contribution in [0.2, 0.25) is 0 Å². The smallest absolute Gasteiger partial charge is 0.235 e. The molecule has 2 aromatic rings. The Morgan fingerprint density at radius 2 is 2.13 bits per heavy atom. The van der Waals surface area contributed by atoms with Crippen molar-refractivity contribution in [2.75, 3.05) is 12.4 Å². The van der Waals surface area contributed by atoms with E-state index in [1.54, 1.807) is 7.11 Å². The van der Waals surface area contributed by atoms with Crippen LogP contribution in [0.4, 0.5) is 5.69 Å². The third-order valence-electron chi connectivity index (χ3n) is 5.18. The molecular formula is C18H20N2O3. The van der Waals surface area contributed by atoms with Crippen LogP contribution < -0.4 is 5.32 Å². The predicted octanol–water partition coefficient (Wildman–Crippen LogP) is 3.56. The fraction of sp³-hybridized carbons (Fsp3) is 0.444. The molecule has 4 rings (SSSR count). The molecular weight excluding hydrogens is 292 g/mol. The van der Waals surface area contributed by atoms with Crippen molar-refractivity contribution in [3.63, 3.8) is 0 Å². The van der Waals surface area contributed by atoms with E-state index >= 15 is 0 Å². The molecule has 2 aliphatic rings. The molecule has 1 amide bonds. The highest BCUT2D eigenvalue weighted by Gasteiger charge is 2.48. The summed E-state index contributed by atoms with van der Waals surface area (Å²) in [5.41, 5.74) is 4.55. The molecule has 0 bridgehead atoms. The Hall–Kier alpha value is -2.14. The van der Waals surface area contributed by atoms with Gasteiger partial charge >= 0.3 is 0 Å². The topological polar surface area (TPSA) is 64.4 Å². The first kappa shape index (κ1) is 14.5. The summed E-state index contributed by atoms with van der Waals surface area (Å²) in [6.07, 6.45) is 4.09. The van der Waals surface area contributed by atoms with Crippen LogP contribution in [0.25, 0.3) is 11.1 Å². The summed E-state index contributed by atoms with van der Waals surface area (Å²) in [4.78, 5) is 12.5. The average molecular weight is 312 g/mol. The number of aromatic nitrogens is 1. The monoisotopic (exact) mass is 312 g/mol. The van der Waals surface area contributed by atoms with Gasteiger partial charge in [-0.05, 0) is 43.0 Å². The molecule has 1 aromatic carbocycles. The van der Waals surface area contributed by atoms with Gasteiger partial charge in [0.05, 0.1) is 12.0 Å². The Balaban J connectivity index is 1.84. The number of carbonyl (C=O) groups is 1. The molecule has 1 saturated carbocycles. The van der Waals surface area contributed by atoms with E-state index in [9.17, 15) is 4.79 Å². The minimum Gasteiger partial charge on any atom is -0.378 e. The van der Waals surface area contributed by atoms with E-state index < -0.39 is 0 Å². The highest BCUT2D eigenvalue weighted by Crippen LogP contribution is 2.49. The van der Waals surface area contributed by atoms with Gasteiger partial charge < -0.3 is 14.6 Å². The minimum atomic E-state index is -0.335. The van der Waals surface area contributed by atoms with Gasteiger partial charge in [-0.3, -0.25) is 4.79 Å². The average Bonchev–Trinajstić information content (AvgIpc) is 3.22. The van der Waals surface area contributed by atoms with Crippen molar-refractivity contribution < 1.29 is 14.1 Å². The van der Waals surface area contributed by atoms with Gasteiger partial charge in [0, 0.05) is 18.4 Å². The maximum Gasteiger partial charge on any atom is 0.235 e. The molecule has 0 radical (unpaired) electrons. The number of amides is 1. The van der Waals surface area contributed by atoms with Crippen LogP contribution >= 0.6 is 0 Å². The number of aryl methyl sites for hydroxylation is 1. The largest absolute Gasteiger partial charge is 0.378 e. The summed E-state index contributed by atoms with van der Waals surface area (Å²) in [6.45, 7) is 2.32. The van der Waals surface area contributed by atoms with E-state index in [-0.39, 0.29) is 11.3 Å². The van der Waals surface area contributed by atoms with Gasteiger partial charge in [-0.25, -0.2) is 0 Å². The highest BCUT2D eigenvalue weighted by atomic mass is 16.5. The Morgan fingerprint density at radius 3 is 2.87 bits per heavy atom. The van der Waals surface area contributed by atoms with Crippen molar-refractivity contribution in [3.05, 3.63) is 35.2 Å². The number of ether oxygens (including phenoxy) is 1. The third kappa shape index (κ3) is 2.03. The summed E-state index contributed by atoms with van der Waals surface area (Å²) < 4.78 is 10.6. The number of rotatable bonds is 3. The molecule has 120 valence electrons. The van der Waals surface area contributed by atoms with Gasteiger partial charge in [0.25, 0.3) is 0 Å². The van der Waals surface area contributed by atoms with Crippen molar-refractivity contribution in [3.8, 4) is 11.1 Å². The molecule has 0 unspecified atom stereocenters. The van der Waals surface area contributed by atoms with Gasteiger partial charge in [-0.15, -0.1) is 0 Å². The molecule has 1 fully saturated rings. The fourth-order valence-electron chi connectivity index (χ4n) is 4.07. The van der Waals surface area contributed by atoms with E-state index in [0.717, 1.165) is 59.5 Å². The Labute approximate surface area is 135 Å². The minimum absolute atomic E-state index is 0.154.